The summed E-state index contributed by atoms with van der Waals surface area (Å²) in [5.74, 6) is 0.224. The van der Waals surface area contributed by atoms with Crippen molar-refractivity contribution in [1.29, 1.82) is 0 Å². The Hall–Kier alpha value is -1.71. The van der Waals surface area contributed by atoms with Gasteiger partial charge in [0.1, 0.15) is 6.04 Å². The highest BCUT2D eigenvalue weighted by molar-refractivity contribution is 5.89. The predicted molar refractivity (Wildman–Crippen MR) is 72.8 cm³/mol. The van der Waals surface area contributed by atoms with E-state index in [4.69, 9.17) is 0 Å². The lowest BCUT2D eigenvalue weighted by atomic mass is 10.1. The number of amides is 1. The summed E-state index contributed by atoms with van der Waals surface area (Å²) in [6.45, 7) is 3.70. The highest BCUT2D eigenvalue weighted by Gasteiger charge is 2.32. The second-order valence-electron chi connectivity index (χ2n) is 5.15. The normalized spacial score (nSPS) is 26.2. The second-order valence-corrected chi connectivity index (χ2v) is 5.15. The maximum absolute atomic E-state index is 12.4. The second kappa shape index (κ2) is 4.52. The number of para-hydroxylation sites is 2. The Labute approximate surface area is 107 Å². The van der Waals surface area contributed by atoms with E-state index >= 15 is 0 Å². The molecule has 1 aromatic carbocycles. The van der Waals surface area contributed by atoms with Crippen molar-refractivity contribution in [3.05, 3.63) is 24.3 Å². The molecule has 2 aliphatic heterocycles. The molecule has 2 atom stereocenters. The van der Waals surface area contributed by atoms with Crippen molar-refractivity contribution in [3.8, 4) is 0 Å². The molecule has 1 fully saturated rings. The minimum Gasteiger partial charge on any atom is -0.381 e. The fraction of sp³-hybridized carbons (Fsp3) is 0.500. The number of carbonyl (C=O) groups excluding carboxylic acids is 1. The van der Waals surface area contributed by atoms with Gasteiger partial charge < -0.3 is 15.5 Å². The van der Waals surface area contributed by atoms with Crippen LogP contribution in [0.15, 0.2) is 24.3 Å². The van der Waals surface area contributed by atoms with E-state index in [-0.39, 0.29) is 11.9 Å². The van der Waals surface area contributed by atoms with Crippen molar-refractivity contribution in [2.24, 2.45) is 0 Å². The Bertz CT molecular complexity index is 460. The summed E-state index contributed by atoms with van der Waals surface area (Å²) in [5.41, 5.74) is 2.10. The Kier molecular flexibility index (Phi) is 2.86. The number of hydrogen-bond acceptors (Lipinski definition) is 3. The number of fused-ring (bicyclic) bond motifs is 1. The standard InChI is InChI=1S/C14H19N3O/c1-10-5-4-8-17(10)14(18)13-9-15-11-6-2-3-7-12(11)16-13/h2-3,6-7,10,13,15-16H,4-5,8-9H2,1H3. The number of carbonyl (C=O) groups is 1. The first-order valence-corrected chi connectivity index (χ1v) is 6.65. The quantitative estimate of drug-likeness (QED) is 0.794. The number of nitrogens with zero attached hydrogens (tertiary/aromatic N) is 1. The Balaban J connectivity index is 1.74. The molecular formula is C14H19N3O. The molecule has 0 aliphatic carbocycles. The zero-order valence-corrected chi connectivity index (χ0v) is 10.6. The van der Waals surface area contributed by atoms with Gasteiger partial charge in [0, 0.05) is 19.1 Å². The maximum atomic E-state index is 12.4. The molecule has 1 aromatic rings. The fourth-order valence-corrected chi connectivity index (χ4v) is 2.82. The number of nitrogens with one attached hydrogen (secondary N) is 2. The summed E-state index contributed by atoms with van der Waals surface area (Å²) < 4.78 is 0. The summed E-state index contributed by atoms with van der Waals surface area (Å²) in [6, 6.07) is 8.27. The van der Waals surface area contributed by atoms with Crippen LogP contribution in [0.1, 0.15) is 19.8 Å². The van der Waals surface area contributed by atoms with Crippen LogP contribution in [-0.4, -0.2) is 36.0 Å². The Morgan fingerprint density at radius 1 is 1.33 bits per heavy atom. The minimum absolute atomic E-state index is 0.138. The molecule has 1 saturated heterocycles. The van der Waals surface area contributed by atoms with Crippen LogP contribution in [0.4, 0.5) is 11.4 Å². The number of hydrogen-bond donors (Lipinski definition) is 2. The number of rotatable bonds is 1. The summed E-state index contributed by atoms with van der Waals surface area (Å²) in [4.78, 5) is 14.5. The van der Waals surface area contributed by atoms with Crippen molar-refractivity contribution in [2.45, 2.75) is 31.8 Å². The van der Waals surface area contributed by atoms with Gasteiger partial charge in [-0.1, -0.05) is 12.1 Å². The molecule has 1 amide bonds. The number of likely N-dealkylation sites (tertiary alicyclic amines) is 1. The third kappa shape index (κ3) is 1.92. The molecule has 2 aliphatic rings. The third-order valence-electron chi connectivity index (χ3n) is 3.89. The van der Waals surface area contributed by atoms with Gasteiger partial charge in [-0.3, -0.25) is 4.79 Å². The summed E-state index contributed by atoms with van der Waals surface area (Å²) in [5, 5.41) is 6.66. The van der Waals surface area contributed by atoms with Crippen LogP contribution < -0.4 is 10.6 Å². The molecule has 2 heterocycles. The van der Waals surface area contributed by atoms with E-state index in [9.17, 15) is 4.79 Å². The van der Waals surface area contributed by atoms with E-state index in [1.807, 2.05) is 29.2 Å². The van der Waals surface area contributed by atoms with Gasteiger partial charge in [0.25, 0.3) is 0 Å². The SMILES string of the molecule is CC1CCCN1C(=O)C1CNc2ccccc2N1. The van der Waals surface area contributed by atoms with Gasteiger partial charge in [-0.2, -0.15) is 0 Å². The molecule has 0 spiro atoms. The highest BCUT2D eigenvalue weighted by Crippen LogP contribution is 2.27. The lowest BCUT2D eigenvalue weighted by Gasteiger charge is -2.32. The van der Waals surface area contributed by atoms with Crippen LogP contribution in [0.5, 0.6) is 0 Å². The van der Waals surface area contributed by atoms with Crippen molar-refractivity contribution in [2.75, 3.05) is 23.7 Å². The average molecular weight is 245 g/mol. The van der Waals surface area contributed by atoms with Crippen molar-refractivity contribution >= 4 is 17.3 Å². The van der Waals surface area contributed by atoms with Gasteiger partial charge in [0.05, 0.1) is 11.4 Å². The molecule has 0 saturated carbocycles. The zero-order valence-electron chi connectivity index (χ0n) is 10.6. The molecule has 18 heavy (non-hydrogen) atoms. The van der Waals surface area contributed by atoms with Crippen LogP contribution >= 0.6 is 0 Å². The summed E-state index contributed by atoms with van der Waals surface area (Å²) in [7, 11) is 0. The molecule has 3 rings (SSSR count). The maximum Gasteiger partial charge on any atom is 0.247 e. The Morgan fingerprint density at radius 3 is 2.83 bits per heavy atom. The van der Waals surface area contributed by atoms with Gasteiger partial charge in [0.2, 0.25) is 5.91 Å². The molecule has 4 heteroatoms. The molecule has 0 bridgehead atoms. The lowest BCUT2D eigenvalue weighted by Crippen LogP contribution is -2.49. The molecule has 96 valence electrons. The van der Waals surface area contributed by atoms with Crippen LogP contribution in [0, 0.1) is 0 Å². The van der Waals surface area contributed by atoms with E-state index in [0.29, 0.717) is 12.6 Å². The number of benzene rings is 1. The van der Waals surface area contributed by atoms with Crippen molar-refractivity contribution < 1.29 is 4.79 Å². The van der Waals surface area contributed by atoms with Crippen LogP contribution in [0.2, 0.25) is 0 Å². The topological polar surface area (TPSA) is 44.4 Å². The van der Waals surface area contributed by atoms with Gasteiger partial charge in [0.15, 0.2) is 0 Å². The van der Waals surface area contributed by atoms with Crippen LogP contribution in [0.25, 0.3) is 0 Å². The van der Waals surface area contributed by atoms with Crippen LogP contribution in [-0.2, 0) is 4.79 Å². The van der Waals surface area contributed by atoms with Crippen LogP contribution in [0.3, 0.4) is 0 Å². The first kappa shape index (κ1) is 11.4. The molecule has 4 nitrogen and oxygen atoms in total. The zero-order chi connectivity index (χ0) is 12.5. The first-order valence-electron chi connectivity index (χ1n) is 6.65. The van der Waals surface area contributed by atoms with E-state index < -0.39 is 0 Å². The monoisotopic (exact) mass is 245 g/mol. The highest BCUT2D eigenvalue weighted by atomic mass is 16.2. The van der Waals surface area contributed by atoms with E-state index in [0.717, 1.165) is 30.8 Å². The van der Waals surface area contributed by atoms with Gasteiger partial charge in [-0.15, -0.1) is 0 Å². The first-order chi connectivity index (χ1) is 8.75. The van der Waals surface area contributed by atoms with Crippen molar-refractivity contribution in [1.82, 2.24) is 4.90 Å². The lowest BCUT2D eigenvalue weighted by molar-refractivity contribution is -0.132. The molecule has 2 N–H and O–H groups in total. The molecule has 2 unspecified atom stereocenters. The van der Waals surface area contributed by atoms with Gasteiger partial charge in [-0.05, 0) is 31.9 Å². The fourth-order valence-electron chi connectivity index (χ4n) is 2.82. The predicted octanol–water partition coefficient (Wildman–Crippen LogP) is 1.90. The molecule has 0 aromatic heterocycles. The Morgan fingerprint density at radius 2 is 2.11 bits per heavy atom. The van der Waals surface area contributed by atoms with E-state index in [1.165, 1.54) is 0 Å². The number of anilines is 2. The van der Waals surface area contributed by atoms with Gasteiger partial charge in [-0.25, -0.2) is 0 Å². The third-order valence-corrected chi connectivity index (χ3v) is 3.89. The summed E-state index contributed by atoms with van der Waals surface area (Å²) >= 11 is 0. The minimum atomic E-state index is -0.138. The van der Waals surface area contributed by atoms with E-state index in [2.05, 4.69) is 17.6 Å². The van der Waals surface area contributed by atoms with Gasteiger partial charge >= 0.3 is 0 Å². The van der Waals surface area contributed by atoms with E-state index in [1.54, 1.807) is 0 Å². The largest absolute Gasteiger partial charge is 0.381 e. The average Bonchev–Trinajstić information content (AvgIpc) is 2.83. The summed E-state index contributed by atoms with van der Waals surface area (Å²) in [6.07, 6.45) is 2.26. The molecular weight excluding hydrogens is 226 g/mol. The molecule has 0 radical (unpaired) electrons. The smallest absolute Gasteiger partial charge is 0.247 e. The van der Waals surface area contributed by atoms with Crippen molar-refractivity contribution in [3.63, 3.8) is 0 Å².